The standard InChI is InChI=1S/C17H23IN4O/c1-17(2,3)14-10-15(19-16(23)11-18)22(20-14)13-8-6-7-12(9-13)21(4)5/h6-10H,11H2,1-5H3,(H,19,23). The van der Waals surface area contributed by atoms with E-state index in [0.717, 1.165) is 17.1 Å². The average Bonchev–Trinajstić information content (AvgIpc) is 2.91. The van der Waals surface area contributed by atoms with Crippen molar-refractivity contribution in [2.45, 2.75) is 26.2 Å². The molecule has 0 aliphatic rings. The van der Waals surface area contributed by atoms with Gasteiger partial charge >= 0.3 is 0 Å². The summed E-state index contributed by atoms with van der Waals surface area (Å²) in [7, 11) is 4.00. The van der Waals surface area contributed by atoms with Crippen molar-refractivity contribution in [3.05, 3.63) is 36.0 Å². The van der Waals surface area contributed by atoms with E-state index in [2.05, 4.69) is 54.7 Å². The van der Waals surface area contributed by atoms with Gasteiger partial charge in [0.25, 0.3) is 0 Å². The van der Waals surface area contributed by atoms with Crippen LogP contribution < -0.4 is 10.2 Å². The van der Waals surface area contributed by atoms with Crippen LogP contribution in [-0.2, 0) is 10.2 Å². The van der Waals surface area contributed by atoms with E-state index in [4.69, 9.17) is 5.10 Å². The molecule has 0 aliphatic carbocycles. The van der Waals surface area contributed by atoms with Crippen LogP contribution in [0.15, 0.2) is 30.3 Å². The van der Waals surface area contributed by atoms with Crippen molar-refractivity contribution in [3.8, 4) is 5.69 Å². The zero-order chi connectivity index (χ0) is 17.2. The first-order valence-electron chi connectivity index (χ1n) is 7.46. The number of anilines is 2. The van der Waals surface area contributed by atoms with E-state index in [0.29, 0.717) is 10.2 Å². The van der Waals surface area contributed by atoms with Gasteiger partial charge in [-0.15, -0.1) is 0 Å². The maximum absolute atomic E-state index is 11.8. The van der Waals surface area contributed by atoms with Gasteiger partial charge in [-0.25, -0.2) is 4.68 Å². The van der Waals surface area contributed by atoms with Crippen LogP contribution in [-0.4, -0.2) is 34.2 Å². The second-order valence-electron chi connectivity index (χ2n) is 6.67. The maximum atomic E-state index is 11.8. The molecule has 0 saturated carbocycles. The van der Waals surface area contributed by atoms with Crippen molar-refractivity contribution in [1.82, 2.24) is 9.78 Å². The van der Waals surface area contributed by atoms with Gasteiger partial charge in [0.05, 0.1) is 15.8 Å². The van der Waals surface area contributed by atoms with Crippen LogP contribution in [0.3, 0.4) is 0 Å². The molecule has 1 aromatic carbocycles. The lowest BCUT2D eigenvalue weighted by Gasteiger charge is -2.15. The highest BCUT2D eigenvalue weighted by Crippen LogP contribution is 2.27. The number of hydrogen-bond donors (Lipinski definition) is 1. The molecule has 6 heteroatoms. The predicted octanol–water partition coefficient (Wildman–Crippen LogP) is 3.61. The number of rotatable bonds is 4. The topological polar surface area (TPSA) is 50.2 Å². The molecular weight excluding hydrogens is 403 g/mol. The van der Waals surface area contributed by atoms with Crippen LogP contribution in [0.4, 0.5) is 11.5 Å². The van der Waals surface area contributed by atoms with Crippen molar-refractivity contribution < 1.29 is 4.79 Å². The smallest absolute Gasteiger partial charge is 0.235 e. The average molecular weight is 426 g/mol. The summed E-state index contributed by atoms with van der Waals surface area (Å²) in [5.74, 6) is 0.670. The van der Waals surface area contributed by atoms with Crippen LogP contribution in [0.25, 0.3) is 5.69 Å². The fourth-order valence-electron chi connectivity index (χ4n) is 2.11. The lowest BCUT2D eigenvalue weighted by atomic mass is 9.92. The Bertz CT molecular complexity index is 701. The molecule has 0 bridgehead atoms. The largest absolute Gasteiger partial charge is 0.378 e. The number of aromatic nitrogens is 2. The maximum Gasteiger partial charge on any atom is 0.235 e. The van der Waals surface area contributed by atoms with Crippen molar-refractivity contribution in [3.63, 3.8) is 0 Å². The van der Waals surface area contributed by atoms with Gasteiger partial charge in [0.15, 0.2) is 0 Å². The molecule has 1 aromatic heterocycles. The Morgan fingerprint density at radius 2 is 2.00 bits per heavy atom. The number of carbonyl (C=O) groups excluding carboxylic acids is 1. The van der Waals surface area contributed by atoms with E-state index in [-0.39, 0.29) is 11.3 Å². The number of carbonyl (C=O) groups is 1. The minimum absolute atomic E-state index is 0.0315. The summed E-state index contributed by atoms with van der Waals surface area (Å²) in [6.45, 7) is 6.33. The predicted molar refractivity (Wildman–Crippen MR) is 104 cm³/mol. The quantitative estimate of drug-likeness (QED) is 0.601. The monoisotopic (exact) mass is 426 g/mol. The summed E-state index contributed by atoms with van der Waals surface area (Å²) in [6, 6.07) is 10.0. The fraction of sp³-hybridized carbons (Fsp3) is 0.412. The highest BCUT2D eigenvalue weighted by atomic mass is 127. The third-order valence-corrected chi connectivity index (χ3v) is 4.15. The Hall–Kier alpha value is -1.57. The highest BCUT2D eigenvalue weighted by Gasteiger charge is 2.21. The van der Waals surface area contributed by atoms with Crippen LogP contribution >= 0.6 is 22.6 Å². The molecule has 1 N–H and O–H groups in total. The molecule has 1 amide bonds. The summed E-state index contributed by atoms with van der Waals surface area (Å²) in [6.07, 6.45) is 0. The van der Waals surface area contributed by atoms with E-state index < -0.39 is 0 Å². The molecule has 0 spiro atoms. The second kappa shape index (κ2) is 6.90. The molecule has 0 aliphatic heterocycles. The number of alkyl halides is 1. The number of benzene rings is 1. The summed E-state index contributed by atoms with van der Waals surface area (Å²) in [5.41, 5.74) is 2.86. The van der Waals surface area contributed by atoms with Crippen molar-refractivity contribution in [2.75, 3.05) is 28.7 Å². The molecule has 0 radical (unpaired) electrons. The number of nitrogens with zero attached hydrogens (tertiary/aromatic N) is 3. The van der Waals surface area contributed by atoms with E-state index in [9.17, 15) is 4.79 Å². The molecule has 2 rings (SSSR count). The number of amides is 1. The molecule has 0 atom stereocenters. The highest BCUT2D eigenvalue weighted by molar-refractivity contribution is 14.1. The third-order valence-electron chi connectivity index (χ3n) is 3.46. The zero-order valence-corrected chi connectivity index (χ0v) is 16.4. The first-order chi connectivity index (χ1) is 10.7. The lowest BCUT2D eigenvalue weighted by molar-refractivity contribution is -0.113. The Kier molecular flexibility index (Phi) is 5.33. The Morgan fingerprint density at radius 3 is 2.57 bits per heavy atom. The lowest BCUT2D eigenvalue weighted by Crippen LogP contribution is -2.16. The summed E-state index contributed by atoms with van der Waals surface area (Å²) in [4.78, 5) is 13.9. The molecule has 0 unspecified atom stereocenters. The SMILES string of the molecule is CN(C)c1cccc(-n2nc(C(C)(C)C)cc2NC(=O)CI)c1. The van der Waals surface area contributed by atoms with Gasteiger partial charge in [0.2, 0.25) is 5.91 Å². The Labute approximate surface area is 151 Å². The zero-order valence-electron chi connectivity index (χ0n) is 14.2. The summed E-state index contributed by atoms with van der Waals surface area (Å²) < 4.78 is 2.21. The molecule has 0 fully saturated rings. The summed E-state index contributed by atoms with van der Waals surface area (Å²) >= 11 is 2.06. The number of nitrogens with one attached hydrogen (secondary N) is 1. The van der Waals surface area contributed by atoms with Gasteiger partial charge in [0.1, 0.15) is 5.82 Å². The number of hydrogen-bond acceptors (Lipinski definition) is 3. The third kappa shape index (κ3) is 4.25. The van der Waals surface area contributed by atoms with Gasteiger partial charge in [-0.2, -0.15) is 5.10 Å². The van der Waals surface area contributed by atoms with Gasteiger partial charge in [0, 0.05) is 31.3 Å². The number of halogens is 1. The van der Waals surface area contributed by atoms with Crippen LogP contribution in [0.1, 0.15) is 26.5 Å². The van der Waals surface area contributed by atoms with E-state index in [1.54, 1.807) is 4.68 Å². The Balaban J connectivity index is 2.53. The van der Waals surface area contributed by atoms with Crippen molar-refractivity contribution in [2.24, 2.45) is 0 Å². The Morgan fingerprint density at radius 1 is 1.30 bits per heavy atom. The molecule has 2 aromatic rings. The normalized spacial score (nSPS) is 11.4. The van der Waals surface area contributed by atoms with Gasteiger partial charge in [-0.05, 0) is 18.2 Å². The minimum atomic E-state index is -0.0891. The first kappa shape index (κ1) is 17.8. The minimum Gasteiger partial charge on any atom is -0.378 e. The molecule has 23 heavy (non-hydrogen) atoms. The van der Waals surface area contributed by atoms with Gasteiger partial charge in [-0.1, -0.05) is 49.4 Å². The van der Waals surface area contributed by atoms with E-state index in [1.807, 2.05) is 43.3 Å². The van der Waals surface area contributed by atoms with Crippen LogP contribution in [0, 0.1) is 0 Å². The van der Waals surface area contributed by atoms with Crippen LogP contribution in [0.5, 0.6) is 0 Å². The molecule has 1 heterocycles. The second-order valence-corrected chi connectivity index (χ2v) is 7.44. The van der Waals surface area contributed by atoms with E-state index >= 15 is 0 Å². The molecular formula is C17H23IN4O. The molecule has 5 nitrogen and oxygen atoms in total. The van der Waals surface area contributed by atoms with Gasteiger partial charge in [-0.3, -0.25) is 4.79 Å². The van der Waals surface area contributed by atoms with Crippen molar-refractivity contribution >= 4 is 40.0 Å². The van der Waals surface area contributed by atoms with Gasteiger partial charge < -0.3 is 10.2 Å². The van der Waals surface area contributed by atoms with Crippen molar-refractivity contribution in [1.29, 1.82) is 0 Å². The molecule has 124 valence electrons. The van der Waals surface area contributed by atoms with Crippen LogP contribution in [0.2, 0.25) is 0 Å². The molecule has 0 saturated heterocycles. The summed E-state index contributed by atoms with van der Waals surface area (Å²) in [5, 5.41) is 7.66. The fourth-order valence-corrected chi connectivity index (χ4v) is 2.30. The first-order valence-corrected chi connectivity index (χ1v) is 8.99. The van der Waals surface area contributed by atoms with E-state index in [1.165, 1.54) is 0 Å².